The van der Waals surface area contributed by atoms with Crippen LogP contribution in [-0.4, -0.2) is 54.1 Å². The molecule has 0 aliphatic carbocycles. The van der Waals surface area contributed by atoms with Crippen LogP contribution >= 0.6 is 0 Å². The fraction of sp³-hybridized carbons (Fsp3) is 0.933. The summed E-state index contributed by atoms with van der Waals surface area (Å²) in [5, 5.41) is 3.32. The molecule has 0 spiro atoms. The lowest BCUT2D eigenvalue weighted by atomic mass is 10.1. The van der Waals surface area contributed by atoms with Gasteiger partial charge in [-0.1, -0.05) is 27.7 Å². The summed E-state index contributed by atoms with van der Waals surface area (Å²) in [4.78, 5) is 16.5. The van der Waals surface area contributed by atoms with Crippen LogP contribution in [0.2, 0.25) is 0 Å². The van der Waals surface area contributed by atoms with Crippen molar-refractivity contribution in [1.29, 1.82) is 0 Å². The SMILES string of the molecule is CCN(CC)CCCC(C)N1C(=O)CNC1C(C)C. The molecule has 19 heavy (non-hydrogen) atoms. The van der Waals surface area contributed by atoms with Gasteiger partial charge in [0.1, 0.15) is 0 Å². The number of amides is 1. The fourth-order valence-electron chi connectivity index (χ4n) is 2.90. The Morgan fingerprint density at radius 2 is 1.95 bits per heavy atom. The normalized spacial score (nSPS) is 21.7. The summed E-state index contributed by atoms with van der Waals surface area (Å²) >= 11 is 0. The molecule has 1 amide bonds. The average molecular weight is 269 g/mol. The Morgan fingerprint density at radius 1 is 1.32 bits per heavy atom. The summed E-state index contributed by atoms with van der Waals surface area (Å²) in [6.45, 7) is 14.8. The van der Waals surface area contributed by atoms with E-state index in [9.17, 15) is 4.79 Å². The van der Waals surface area contributed by atoms with E-state index in [4.69, 9.17) is 0 Å². The summed E-state index contributed by atoms with van der Waals surface area (Å²) in [7, 11) is 0. The second kappa shape index (κ2) is 7.85. The lowest BCUT2D eigenvalue weighted by molar-refractivity contribution is -0.130. The predicted octanol–water partition coefficient (Wildman–Crippen LogP) is 1.91. The molecule has 0 bridgehead atoms. The first-order chi connectivity index (χ1) is 9.01. The minimum absolute atomic E-state index is 0.218. The van der Waals surface area contributed by atoms with Crippen LogP contribution in [-0.2, 0) is 4.79 Å². The fourth-order valence-corrected chi connectivity index (χ4v) is 2.90. The van der Waals surface area contributed by atoms with Gasteiger partial charge in [0.05, 0.1) is 12.7 Å². The first-order valence-corrected chi connectivity index (χ1v) is 7.78. The molecule has 0 aromatic carbocycles. The highest BCUT2D eigenvalue weighted by Gasteiger charge is 2.35. The number of nitrogens with zero attached hydrogens (tertiary/aromatic N) is 2. The van der Waals surface area contributed by atoms with Crippen molar-refractivity contribution in [1.82, 2.24) is 15.1 Å². The molecular weight excluding hydrogens is 238 g/mol. The van der Waals surface area contributed by atoms with Crippen LogP contribution in [0, 0.1) is 5.92 Å². The van der Waals surface area contributed by atoms with E-state index in [1.807, 2.05) is 0 Å². The third-order valence-electron chi connectivity index (χ3n) is 4.15. The van der Waals surface area contributed by atoms with E-state index in [0.29, 0.717) is 18.5 Å². The molecule has 0 aromatic heterocycles. The van der Waals surface area contributed by atoms with Crippen molar-refractivity contribution in [2.24, 2.45) is 5.92 Å². The third-order valence-corrected chi connectivity index (χ3v) is 4.15. The van der Waals surface area contributed by atoms with Gasteiger partial charge in [0.15, 0.2) is 0 Å². The molecule has 2 atom stereocenters. The van der Waals surface area contributed by atoms with Crippen molar-refractivity contribution < 1.29 is 4.79 Å². The smallest absolute Gasteiger partial charge is 0.238 e. The van der Waals surface area contributed by atoms with E-state index in [1.165, 1.54) is 0 Å². The number of carbonyl (C=O) groups is 1. The number of hydrogen-bond donors (Lipinski definition) is 1. The maximum absolute atomic E-state index is 12.0. The zero-order valence-electron chi connectivity index (χ0n) is 13.3. The van der Waals surface area contributed by atoms with Crippen molar-refractivity contribution in [3.63, 3.8) is 0 Å². The van der Waals surface area contributed by atoms with Crippen LogP contribution < -0.4 is 5.32 Å². The molecule has 1 rings (SSSR count). The quantitative estimate of drug-likeness (QED) is 0.731. The topological polar surface area (TPSA) is 35.6 Å². The van der Waals surface area contributed by atoms with Gasteiger partial charge in [-0.15, -0.1) is 0 Å². The molecule has 0 saturated carbocycles. The van der Waals surface area contributed by atoms with Gasteiger partial charge < -0.3 is 9.80 Å². The lowest BCUT2D eigenvalue weighted by Gasteiger charge is -2.33. The van der Waals surface area contributed by atoms with E-state index in [1.54, 1.807) is 0 Å². The molecule has 0 aromatic rings. The Hall–Kier alpha value is -0.610. The Labute approximate surface area is 118 Å². The molecule has 112 valence electrons. The van der Waals surface area contributed by atoms with Crippen LogP contribution in [0.15, 0.2) is 0 Å². The van der Waals surface area contributed by atoms with Crippen molar-refractivity contribution in [2.75, 3.05) is 26.2 Å². The zero-order valence-corrected chi connectivity index (χ0v) is 13.3. The molecule has 2 unspecified atom stereocenters. The summed E-state index contributed by atoms with van der Waals surface area (Å²) in [5.74, 6) is 0.728. The Morgan fingerprint density at radius 3 is 2.47 bits per heavy atom. The molecule has 4 nitrogen and oxygen atoms in total. The minimum Gasteiger partial charge on any atom is -0.323 e. The van der Waals surface area contributed by atoms with Gasteiger partial charge in [0.2, 0.25) is 5.91 Å². The Kier molecular flexibility index (Phi) is 6.80. The molecule has 1 saturated heterocycles. The van der Waals surface area contributed by atoms with Crippen molar-refractivity contribution >= 4 is 5.91 Å². The third kappa shape index (κ3) is 4.46. The molecule has 4 heteroatoms. The summed E-state index contributed by atoms with van der Waals surface area (Å²) in [6, 6.07) is 0.338. The van der Waals surface area contributed by atoms with E-state index >= 15 is 0 Å². The molecule has 1 aliphatic heterocycles. The van der Waals surface area contributed by atoms with Gasteiger partial charge in [-0.25, -0.2) is 0 Å². The highest BCUT2D eigenvalue weighted by molar-refractivity contribution is 5.81. The number of nitrogens with one attached hydrogen (secondary N) is 1. The number of hydrogen-bond acceptors (Lipinski definition) is 3. The van der Waals surface area contributed by atoms with E-state index in [2.05, 4.69) is 49.7 Å². The van der Waals surface area contributed by atoms with Crippen LogP contribution in [0.25, 0.3) is 0 Å². The van der Waals surface area contributed by atoms with Crippen molar-refractivity contribution in [3.8, 4) is 0 Å². The van der Waals surface area contributed by atoms with Crippen LogP contribution in [0.1, 0.15) is 47.5 Å². The monoisotopic (exact) mass is 269 g/mol. The first-order valence-electron chi connectivity index (χ1n) is 7.78. The summed E-state index contributed by atoms with van der Waals surface area (Å²) in [6.07, 6.45) is 2.47. The van der Waals surface area contributed by atoms with Gasteiger partial charge in [0, 0.05) is 6.04 Å². The van der Waals surface area contributed by atoms with Crippen molar-refractivity contribution in [3.05, 3.63) is 0 Å². The van der Waals surface area contributed by atoms with Crippen LogP contribution in [0.4, 0.5) is 0 Å². The molecule has 0 radical (unpaired) electrons. The van der Waals surface area contributed by atoms with Gasteiger partial charge >= 0.3 is 0 Å². The highest BCUT2D eigenvalue weighted by atomic mass is 16.2. The standard InChI is InChI=1S/C15H31N3O/c1-6-17(7-2)10-8-9-13(5)18-14(19)11-16-15(18)12(3)4/h12-13,15-16H,6-11H2,1-5H3. The van der Waals surface area contributed by atoms with Gasteiger partial charge in [-0.2, -0.15) is 0 Å². The highest BCUT2D eigenvalue weighted by Crippen LogP contribution is 2.19. The second-order valence-corrected chi connectivity index (χ2v) is 5.89. The largest absolute Gasteiger partial charge is 0.323 e. The number of carbonyl (C=O) groups excluding carboxylic acids is 1. The van der Waals surface area contributed by atoms with Crippen molar-refractivity contribution in [2.45, 2.75) is 59.7 Å². The molecule has 1 fully saturated rings. The molecule has 1 heterocycles. The molecular formula is C15H31N3O. The maximum Gasteiger partial charge on any atom is 0.238 e. The zero-order chi connectivity index (χ0) is 14.4. The average Bonchev–Trinajstić information content (AvgIpc) is 2.76. The lowest BCUT2D eigenvalue weighted by Crippen LogP contribution is -2.46. The second-order valence-electron chi connectivity index (χ2n) is 5.89. The van der Waals surface area contributed by atoms with Gasteiger partial charge in [-0.3, -0.25) is 10.1 Å². The molecule has 1 N–H and O–H groups in total. The molecule has 1 aliphatic rings. The Balaban J connectivity index is 2.43. The van der Waals surface area contributed by atoms with E-state index in [-0.39, 0.29) is 12.1 Å². The maximum atomic E-state index is 12.0. The summed E-state index contributed by atoms with van der Waals surface area (Å²) < 4.78 is 0. The van der Waals surface area contributed by atoms with Gasteiger partial charge in [-0.05, 0) is 45.3 Å². The first kappa shape index (κ1) is 16.4. The number of rotatable bonds is 8. The van der Waals surface area contributed by atoms with E-state index in [0.717, 1.165) is 32.5 Å². The Bertz CT molecular complexity index is 277. The van der Waals surface area contributed by atoms with Crippen LogP contribution in [0.3, 0.4) is 0 Å². The van der Waals surface area contributed by atoms with Crippen LogP contribution in [0.5, 0.6) is 0 Å². The van der Waals surface area contributed by atoms with E-state index < -0.39 is 0 Å². The predicted molar refractivity (Wildman–Crippen MR) is 80.0 cm³/mol. The summed E-state index contributed by atoms with van der Waals surface area (Å²) in [5.41, 5.74) is 0. The minimum atomic E-state index is 0.218. The van der Waals surface area contributed by atoms with Gasteiger partial charge in [0.25, 0.3) is 0 Å².